The molecular weight excluding hydrogens is 288 g/mol. The lowest BCUT2D eigenvalue weighted by atomic mass is 9.93. The summed E-state index contributed by atoms with van der Waals surface area (Å²) in [5.74, 6) is 0. The summed E-state index contributed by atoms with van der Waals surface area (Å²) in [5, 5.41) is 22.2. The third-order valence-electron chi connectivity index (χ3n) is 4.43. The van der Waals surface area contributed by atoms with Crippen molar-refractivity contribution in [1.82, 2.24) is 0 Å². The molecule has 4 N–H and O–H groups in total. The van der Waals surface area contributed by atoms with Crippen LogP contribution < -0.4 is 5.73 Å². The van der Waals surface area contributed by atoms with Crippen LogP contribution in [0.3, 0.4) is 0 Å². The van der Waals surface area contributed by atoms with E-state index in [1.54, 1.807) is 13.8 Å². The van der Waals surface area contributed by atoms with Gasteiger partial charge in [0, 0.05) is 6.42 Å². The van der Waals surface area contributed by atoms with Gasteiger partial charge in [-0.25, -0.2) is 0 Å². The van der Waals surface area contributed by atoms with Crippen LogP contribution in [0.25, 0.3) is 0 Å². The van der Waals surface area contributed by atoms with E-state index in [1.807, 2.05) is 0 Å². The quantitative estimate of drug-likeness (QED) is 0.171. The van der Waals surface area contributed by atoms with Crippen LogP contribution in [0.4, 0.5) is 0 Å². The lowest BCUT2D eigenvalue weighted by Gasteiger charge is -2.22. The predicted octanol–water partition coefficient (Wildman–Crippen LogP) is 5.01. The topological polar surface area (TPSA) is 78.8 Å². The summed E-state index contributed by atoms with van der Waals surface area (Å²) in [7, 11) is 0. The fourth-order valence-electron chi connectivity index (χ4n) is 2.80. The lowest BCUT2D eigenvalue weighted by Crippen LogP contribution is -2.43. The molecule has 0 aromatic heterocycles. The van der Waals surface area contributed by atoms with Gasteiger partial charge in [0.1, 0.15) is 0 Å². The van der Waals surface area contributed by atoms with Crippen LogP contribution in [-0.4, -0.2) is 27.7 Å². The van der Waals surface area contributed by atoms with E-state index in [9.17, 15) is 5.11 Å². The van der Waals surface area contributed by atoms with Crippen LogP contribution in [0.15, 0.2) is 5.16 Å². The Morgan fingerprint density at radius 3 is 1.74 bits per heavy atom. The normalized spacial score (nSPS) is 14.2. The van der Waals surface area contributed by atoms with E-state index in [1.165, 1.54) is 64.2 Å². The van der Waals surface area contributed by atoms with Crippen LogP contribution in [-0.2, 0) is 0 Å². The van der Waals surface area contributed by atoms with Crippen LogP contribution in [0.5, 0.6) is 0 Å². The number of oxime groups is 1. The average Bonchev–Trinajstić information content (AvgIpc) is 2.49. The van der Waals surface area contributed by atoms with Gasteiger partial charge in [-0.15, -0.1) is 0 Å². The number of hydrogen-bond donors (Lipinski definition) is 3. The van der Waals surface area contributed by atoms with E-state index in [0.29, 0.717) is 12.1 Å². The number of unbranched alkanes of at least 4 members (excludes halogenated alkanes) is 10. The standard InChI is InChI=1S/C19H40N2O2/c1-4-5-6-7-8-9-10-11-12-13-14-15-17(22)16-18(21-23)19(2,3)20/h17,22-23H,4-16,20H2,1-3H3/b21-18+. The van der Waals surface area contributed by atoms with Gasteiger partial charge in [-0.1, -0.05) is 82.7 Å². The van der Waals surface area contributed by atoms with Crippen molar-refractivity contribution in [1.29, 1.82) is 0 Å². The Morgan fingerprint density at radius 2 is 1.35 bits per heavy atom. The van der Waals surface area contributed by atoms with Gasteiger partial charge in [-0.05, 0) is 20.3 Å². The van der Waals surface area contributed by atoms with Gasteiger partial charge >= 0.3 is 0 Å². The number of aliphatic hydroxyl groups excluding tert-OH is 1. The van der Waals surface area contributed by atoms with Gasteiger partial charge in [-0.2, -0.15) is 0 Å². The zero-order valence-corrected chi connectivity index (χ0v) is 15.7. The maximum absolute atomic E-state index is 10.0. The number of nitrogens with two attached hydrogens (primary N) is 1. The van der Waals surface area contributed by atoms with E-state index >= 15 is 0 Å². The van der Waals surface area contributed by atoms with E-state index in [2.05, 4.69) is 12.1 Å². The molecule has 138 valence electrons. The van der Waals surface area contributed by atoms with Crippen molar-refractivity contribution in [2.75, 3.05) is 0 Å². The monoisotopic (exact) mass is 328 g/mol. The third-order valence-corrected chi connectivity index (χ3v) is 4.43. The molecule has 0 fully saturated rings. The second kappa shape index (κ2) is 13.8. The molecule has 0 saturated carbocycles. The summed E-state index contributed by atoms with van der Waals surface area (Å²) in [4.78, 5) is 0. The van der Waals surface area contributed by atoms with Gasteiger partial charge in [0.2, 0.25) is 0 Å². The van der Waals surface area contributed by atoms with Crippen molar-refractivity contribution >= 4 is 5.71 Å². The number of hydrogen-bond acceptors (Lipinski definition) is 4. The van der Waals surface area contributed by atoms with Crippen molar-refractivity contribution in [2.24, 2.45) is 10.9 Å². The van der Waals surface area contributed by atoms with Crippen molar-refractivity contribution < 1.29 is 10.3 Å². The number of nitrogens with zero attached hydrogens (tertiary/aromatic N) is 1. The molecule has 0 aliphatic heterocycles. The van der Waals surface area contributed by atoms with Crippen molar-refractivity contribution in [2.45, 2.75) is 116 Å². The van der Waals surface area contributed by atoms with E-state index < -0.39 is 11.6 Å². The molecule has 0 aromatic carbocycles. The van der Waals surface area contributed by atoms with Gasteiger partial charge in [0.05, 0.1) is 17.4 Å². The summed E-state index contributed by atoms with van der Waals surface area (Å²) in [6.45, 7) is 5.83. The summed E-state index contributed by atoms with van der Waals surface area (Å²) in [5.41, 5.74) is 5.69. The average molecular weight is 329 g/mol. The maximum Gasteiger partial charge on any atom is 0.0788 e. The van der Waals surface area contributed by atoms with Gasteiger partial charge < -0.3 is 16.0 Å². The highest BCUT2D eigenvalue weighted by atomic mass is 16.4. The second-order valence-corrected chi connectivity index (χ2v) is 7.45. The first-order valence-corrected chi connectivity index (χ1v) is 9.60. The Kier molecular flexibility index (Phi) is 13.4. The Bertz CT molecular complexity index is 298. The Hall–Kier alpha value is -0.610. The predicted molar refractivity (Wildman–Crippen MR) is 99.2 cm³/mol. The van der Waals surface area contributed by atoms with Crippen LogP contribution in [0.1, 0.15) is 104 Å². The molecule has 0 rings (SSSR count). The first-order valence-electron chi connectivity index (χ1n) is 9.60. The first-order chi connectivity index (χ1) is 10.9. The van der Waals surface area contributed by atoms with Gasteiger partial charge in [0.15, 0.2) is 0 Å². The molecule has 4 nitrogen and oxygen atoms in total. The molecule has 0 aromatic rings. The molecule has 0 bridgehead atoms. The Morgan fingerprint density at radius 1 is 0.913 bits per heavy atom. The first kappa shape index (κ1) is 22.4. The van der Waals surface area contributed by atoms with Crippen molar-refractivity contribution in [3.8, 4) is 0 Å². The zero-order chi connectivity index (χ0) is 17.6. The number of aliphatic hydroxyl groups is 1. The molecule has 0 aliphatic carbocycles. The molecule has 0 saturated heterocycles. The SMILES string of the molecule is CCCCCCCCCCCCCC(O)C/C(=N\O)C(C)(C)N. The lowest BCUT2D eigenvalue weighted by molar-refractivity contribution is 0.164. The highest BCUT2D eigenvalue weighted by Crippen LogP contribution is 2.15. The smallest absolute Gasteiger partial charge is 0.0788 e. The fraction of sp³-hybridized carbons (Fsp3) is 0.947. The van der Waals surface area contributed by atoms with Crippen molar-refractivity contribution in [3.05, 3.63) is 0 Å². The van der Waals surface area contributed by atoms with Crippen molar-refractivity contribution in [3.63, 3.8) is 0 Å². The van der Waals surface area contributed by atoms with Crippen LogP contribution in [0.2, 0.25) is 0 Å². The molecule has 0 aliphatic rings. The second-order valence-electron chi connectivity index (χ2n) is 7.45. The third kappa shape index (κ3) is 13.5. The molecule has 4 heteroatoms. The van der Waals surface area contributed by atoms with Gasteiger partial charge in [-0.3, -0.25) is 0 Å². The van der Waals surface area contributed by atoms with Gasteiger partial charge in [0.25, 0.3) is 0 Å². The van der Waals surface area contributed by atoms with E-state index in [0.717, 1.165) is 12.8 Å². The summed E-state index contributed by atoms with van der Waals surface area (Å²) >= 11 is 0. The number of rotatable bonds is 15. The minimum absolute atomic E-state index is 0.359. The molecule has 0 radical (unpaired) electrons. The summed E-state index contributed by atoms with van der Waals surface area (Å²) in [6, 6.07) is 0. The molecule has 1 unspecified atom stereocenters. The Balaban J connectivity index is 3.47. The highest BCUT2D eigenvalue weighted by Gasteiger charge is 2.22. The minimum atomic E-state index is -0.674. The van der Waals surface area contributed by atoms with E-state index in [4.69, 9.17) is 10.9 Å². The van der Waals surface area contributed by atoms with E-state index in [-0.39, 0.29) is 0 Å². The molecular formula is C19H40N2O2. The molecule has 0 heterocycles. The molecule has 23 heavy (non-hydrogen) atoms. The fourth-order valence-corrected chi connectivity index (χ4v) is 2.80. The molecule has 1 atom stereocenters. The largest absolute Gasteiger partial charge is 0.411 e. The minimum Gasteiger partial charge on any atom is -0.411 e. The highest BCUT2D eigenvalue weighted by molar-refractivity contribution is 5.92. The summed E-state index contributed by atoms with van der Waals surface area (Å²) < 4.78 is 0. The molecule has 0 spiro atoms. The van der Waals surface area contributed by atoms with Crippen LogP contribution >= 0.6 is 0 Å². The maximum atomic E-state index is 10.0. The Labute approximate surface area is 143 Å². The zero-order valence-electron chi connectivity index (χ0n) is 15.7. The summed E-state index contributed by atoms with van der Waals surface area (Å²) in [6.07, 6.45) is 15.0. The molecule has 0 amide bonds. The van der Waals surface area contributed by atoms with Crippen LogP contribution in [0, 0.1) is 0 Å².